The second kappa shape index (κ2) is 6.46. The number of anilines is 1. The van der Waals surface area contributed by atoms with Crippen LogP contribution in [0.4, 0.5) is 5.95 Å². The van der Waals surface area contributed by atoms with Crippen LogP contribution in [-0.2, 0) is 0 Å². The number of fused-ring (bicyclic) bond motifs is 2. The minimum atomic E-state index is 0.619. The molecule has 0 spiro atoms. The van der Waals surface area contributed by atoms with Crippen LogP contribution in [0.2, 0.25) is 0 Å². The lowest BCUT2D eigenvalue weighted by molar-refractivity contribution is 1.21. The van der Waals surface area contributed by atoms with Crippen LogP contribution in [0.5, 0.6) is 0 Å². The number of rotatable bonds is 4. The fourth-order valence-electron chi connectivity index (χ4n) is 3.29. The average molecular weight is 351 g/mol. The van der Waals surface area contributed by atoms with Crippen molar-refractivity contribution in [3.8, 4) is 11.3 Å². The molecule has 5 aromatic rings. The lowest BCUT2D eigenvalue weighted by atomic mass is 10.1. The Hall–Kier alpha value is -3.86. The van der Waals surface area contributed by atoms with Crippen molar-refractivity contribution in [3.63, 3.8) is 0 Å². The topological polar surface area (TPSA) is 68.9 Å². The molecular weight excluding hydrogens is 334 g/mol. The van der Waals surface area contributed by atoms with Crippen LogP contribution in [0.15, 0.2) is 84.0 Å². The number of H-pyrrole nitrogens is 2. The monoisotopic (exact) mass is 351 g/mol. The summed E-state index contributed by atoms with van der Waals surface area (Å²) in [5.41, 5.74) is 9.19. The Morgan fingerprint density at radius 1 is 0.778 bits per heavy atom. The Morgan fingerprint density at radius 2 is 1.52 bits per heavy atom. The van der Waals surface area contributed by atoms with Crippen LogP contribution in [-0.4, -0.2) is 21.2 Å². The molecule has 2 heterocycles. The molecule has 0 atom stereocenters. The average Bonchev–Trinajstić information content (AvgIpc) is 3.30. The highest BCUT2D eigenvalue weighted by Crippen LogP contribution is 2.29. The van der Waals surface area contributed by atoms with E-state index < -0.39 is 0 Å². The van der Waals surface area contributed by atoms with Gasteiger partial charge in [0.1, 0.15) is 0 Å². The largest absolute Gasteiger partial charge is 0.354 e. The zero-order chi connectivity index (χ0) is 18.1. The van der Waals surface area contributed by atoms with Crippen molar-refractivity contribution in [2.45, 2.75) is 0 Å². The van der Waals surface area contributed by atoms with E-state index in [1.807, 2.05) is 60.8 Å². The molecule has 0 amide bonds. The molecule has 2 aromatic heterocycles. The number of nitrogens with zero attached hydrogens (tertiary/aromatic N) is 2. The van der Waals surface area contributed by atoms with Gasteiger partial charge in [-0.15, -0.1) is 0 Å². The fraction of sp³-hybridized carbons (Fsp3) is 0. The van der Waals surface area contributed by atoms with Gasteiger partial charge in [-0.2, -0.15) is 5.10 Å². The highest BCUT2D eigenvalue weighted by Gasteiger charge is 2.11. The highest BCUT2D eigenvalue weighted by molar-refractivity contribution is 6.06. The van der Waals surface area contributed by atoms with E-state index in [2.05, 4.69) is 49.7 Å². The molecule has 5 heteroatoms. The number of aromatic nitrogens is 3. The molecule has 5 rings (SSSR count). The summed E-state index contributed by atoms with van der Waals surface area (Å²) < 4.78 is 0. The molecule has 27 heavy (non-hydrogen) atoms. The van der Waals surface area contributed by atoms with Crippen LogP contribution in [0.1, 0.15) is 5.56 Å². The summed E-state index contributed by atoms with van der Waals surface area (Å²) in [5.74, 6) is 0.619. The van der Waals surface area contributed by atoms with Crippen LogP contribution in [0.25, 0.3) is 33.2 Å². The maximum Gasteiger partial charge on any atom is 0.222 e. The van der Waals surface area contributed by atoms with E-state index >= 15 is 0 Å². The normalized spacial score (nSPS) is 11.6. The Morgan fingerprint density at radius 3 is 2.37 bits per heavy atom. The summed E-state index contributed by atoms with van der Waals surface area (Å²) >= 11 is 0. The first-order valence-corrected chi connectivity index (χ1v) is 8.78. The van der Waals surface area contributed by atoms with Crippen molar-refractivity contribution in [1.82, 2.24) is 15.0 Å². The molecule has 0 unspecified atom stereocenters. The van der Waals surface area contributed by atoms with Crippen LogP contribution in [0.3, 0.4) is 0 Å². The predicted octanol–water partition coefficient (Wildman–Crippen LogP) is 5.16. The maximum atomic E-state index is 4.49. The van der Waals surface area contributed by atoms with Gasteiger partial charge in [-0.25, -0.2) is 10.4 Å². The summed E-state index contributed by atoms with van der Waals surface area (Å²) in [6.07, 6.45) is 1.84. The van der Waals surface area contributed by atoms with Gasteiger partial charge < -0.3 is 9.97 Å². The van der Waals surface area contributed by atoms with Crippen LogP contribution >= 0.6 is 0 Å². The smallest absolute Gasteiger partial charge is 0.222 e. The first kappa shape index (κ1) is 15.4. The molecule has 0 aliphatic carbocycles. The molecule has 0 fully saturated rings. The van der Waals surface area contributed by atoms with E-state index in [9.17, 15) is 0 Å². The number of benzene rings is 3. The maximum absolute atomic E-state index is 4.49. The Kier molecular flexibility index (Phi) is 3.68. The lowest BCUT2D eigenvalue weighted by Crippen LogP contribution is -1.93. The van der Waals surface area contributed by atoms with Gasteiger partial charge in [0.15, 0.2) is 0 Å². The standard InChI is InChI=1S/C22H17N5/c1-2-8-15(9-3-1)21-17(16-10-4-5-11-18(16)24-21)14-23-27-22-25-19-12-6-7-13-20(19)26-22/h1-14,24H,(H2,25,26,27)/b23-14+. The SMILES string of the molecule is C(=N\Nc1nc2ccccc2[nH]1)/c1c(-c2ccccc2)[nH]c2ccccc12. The Labute approximate surface area is 155 Å². The quantitative estimate of drug-likeness (QED) is 0.309. The van der Waals surface area contributed by atoms with Gasteiger partial charge in [0.2, 0.25) is 5.95 Å². The first-order valence-electron chi connectivity index (χ1n) is 8.78. The van der Waals surface area contributed by atoms with Crippen molar-refractivity contribution in [1.29, 1.82) is 0 Å². The number of aromatic amines is 2. The van der Waals surface area contributed by atoms with Gasteiger partial charge in [0, 0.05) is 16.5 Å². The number of imidazole rings is 1. The molecule has 0 bridgehead atoms. The fourth-order valence-corrected chi connectivity index (χ4v) is 3.29. The van der Waals surface area contributed by atoms with Gasteiger partial charge in [-0.1, -0.05) is 60.7 Å². The van der Waals surface area contributed by atoms with Crippen LogP contribution < -0.4 is 5.43 Å². The minimum Gasteiger partial charge on any atom is -0.354 e. The van der Waals surface area contributed by atoms with Gasteiger partial charge in [0.05, 0.1) is 22.9 Å². The molecule has 0 aliphatic rings. The van der Waals surface area contributed by atoms with Gasteiger partial charge in [0.25, 0.3) is 0 Å². The summed E-state index contributed by atoms with van der Waals surface area (Å²) in [6, 6.07) is 26.4. The third kappa shape index (κ3) is 2.85. The molecular formula is C22H17N5. The van der Waals surface area contributed by atoms with Crippen molar-refractivity contribution in [2.24, 2.45) is 5.10 Å². The van der Waals surface area contributed by atoms with Gasteiger partial charge in [-0.05, 0) is 23.8 Å². The van der Waals surface area contributed by atoms with E-state index in [1.54, 1.807) is 0 Å². The van der Waals surface area contributed by atoms with E-state index in [1.165, 1.54) is 0 Å². The minimum absolute atomic E-state index is 0.619. The Balaban J connectivity index is 1.52. The molecule has 0 radical (unpaired) electrons. The lowest BCUT2D eigenvalue weighted by Gasteiger charge is -2.00. The highest BCUT2D eigenvalue weighted by atomic mass is 15.3. The summed E-state index contributed by atoms with van der Waals surface area (Å²) in [5, 5.41) is 5.56. The van der Waals surface area contributed by atoms with Gasteiger partial charge >= 0.3 is 0 Å². The number of hydrogen-bond acceptors (Lipinski definition) is 3. The number of para-hydroxylation sites is 3. The first-order chi connectivity index (χ1) is 13.4. The third-order valence-electron chi connectivity index (χ3n) is 4.56. The predicted molar refractivity (Wildman–Crippen MR) is 111 cm³/mol. The molecule has 0 saturated heterocycles. The zero-order valence-corrected chi connectivity index (χ0v) is 14.5. The third-order valence-corrected chi connectivity index (χ3v) is 4.56. The van der Waals surface area contributed by atoms with Crippen molar-refractivity contribution < 1.29 is 0 Å². The van der Waals surface area contributed by atoms with Crippen molar-refractivity contribution >= 4 is 34.1 Å². The zero-order valence-electron chi connectivity index (χ0n) is 14.5. The Bertz CT molecular complexity index is 1210. The van der Waals surface area contributed by atoms with E-state index in [0.717, 1.165) is 38.8 Å². The van der Waals surface area contributed by atoms with Crippen LogP contribution in [0, 0.1) is 0 Å². The number of nitrogens with one attached hydrogen (secondary N) is 3. The van der Waals surface area contributed by atoms with E-state index in [4.69, 9.17) is 0 Å². The number of hydrazone groups is 1. The molecule has 130 valence electrons. The summed E-state index contributed by atoms with van der Waals surface area (Å²) in [7, 11) is 0. The molecule has 3 aromatic carbocycles. The van der Waals surface area contributed by atoms with E-state index in [0.29, 0.717) is 5.95 Å². The molecule has 0 saturated carbocycles. The molecule has 3 N–H and O–H groups in total. The molecule has 5 nitrogen and oxygen atoms in total. The van der Waals surface area contributed by atoms with Crippen molar-refractivity contribution in [3.05, 3.63) is 84.4 Å². The van der Waals surface area contributed by atoms with Crippen molar-refractivity contribution in [2.75, 3.05) is 5.43 Å². The second-order valence-corrected chi connectivity index (χ2v) is 6.30. The van der Waals surface area contributed by atoms with Gasteiger partial charge in [-0.3, -0.25) is 0 Å². The second-order valence-electron chi connectivity index (χ2n) is 6.30. The molecule has 0 aliphatic heterocycles. The number of hydrogen-bond donors (Lipinski definition) is 3. The summed E-state index contributed by atoms with van der Waals surface area (Å²) in [6.45, 7) is 0. The van der Waals surface area contributed by atoms with E-state index in [-0.39, 0.29) is 0 Å². The summed E-state index contributed by atoms with van der Waals surface area (Å²) in [4.78, 5) is 11.2.